The van der Waals surface area contributed by atoms with E-state index in [-0.39, 0.29) is 0 Å². The standard InChI is InChI=1S/C22H28O5/c1-4-26-18-9-6-15(7-10-18)11-17-12-16(8-5-13(17)2)22-21(25)20(24)19(23)14(3)27-22/h5-10,12,14,19-25H,4,11H2,1-3H3/t14-,19-,20+,21-,22+/m1/s1. The fourth-order valence-corrected chi connectivity index (χ4v) is 3.48. The molecule has 0 aliphatic carbocycles. The molecule has 1 fully saturated rings. The molecule has 1 heterocycles. The number of hydrogen-bond acceptors (Lipinski definition) is 5. The highest BCUT2D eigenvalue weighted by molar-refractivity contribution is 5.38. The Morgan fingerprint density at radius 1 is 0.963 bits per heavy atom. The zero-order valence-electron chi connectivity index (χ0n) is 16.0. The summed E-state index contributed by atoms with van der Waals surface area (Å²) in [6, 6.07) is 13.9. The van der Waals surface area contributed by atoms with Gasteiger partial charge in [0.25, 0.3) is 0 Å². The Hall–Kier alpha value is -1.92. The topological polar surface area (TPSA) is 79.2 Å². The van der Waals surface area contributed by atoms with Gasteiger partial charge in [0.15, 0.2) is 0 Å². The van der Waals surface area contributed by atoms with Gasteiger partial charge in [-0.2, -0.15) is 0 Å². The second-order valence-corrected chi connectivity index (χ2v) is 7.17. The summed E-state index contributed by atoms with van der Waals surface area (Å²) in [5.41, 5.74) is 4.23. The van der Waals surface area contributed by atoms with Crippen molar-refractivity contribution in [2.75, 3.05) is 6.61 Å². The van der Waals surface area contributed by atoms with E-state index < -0.39 is 30.5 Å². The molecule has 0 aromatic heterocycles. The summed E-state index contributed by atoms with van der Waals surface area (Å²) in [7, 11) is 0. The van der Waals surface area contributed by atoms with E-state index in [4.69, 9.17) is 9.47 Å². The van der Waals surface area contributed by atoms with Crippen LogP contribution in [-0.2, 0) is 11.2 Å². The van der Waals surface area contributed by atoms with E-state index in [1.807, 2.05) is 56.3 Å². The van der Waals surface area contributed by atoms with E-state index in [9.17, 15) is 15.3 Å². The lowest BCUT2D eigenvalue weighted by molar-refractivity contribution is -0.219. The molecule has 1 aliphatic rings. The number of rotatable bonds is 5. The molecule has 5 atom stereocenters. The van der Waals surface area contributed by atoms with Crippen LogP contribution < -0.4 is 4.74 Å². The minimum atomic E-state index is -1.23. The lowest BCUT2D eigenvalue weighted by Crippen LogP contribution is -2.53. The van der Waals surface area contributed by atoms with Gasteiger partial charge < -0.3 is 24.8 Å². The first-order valence-electron chi connectivity index (χ1n) is 9.41. The van der Waals surface area contributed by atoms with Crippen LogP contribution in [0.3, 0.4) is 0 Å². The number of benzene rings is 2. The molecule has 1 aliphatic heterocycles. The van der Waals surface area contributed by atoms with E-state index >= 15 is 0 Å². The zero-order valence-corrected chi connectivity index (χ0v) is 16.0. The Bertz CT molecular complexity index is 758. The monoisotopic (exact) mass is 372 g/mol. The minimum Gasteiger partial charge on any atom is -0.494 e. The van der Waals surface area contributed by atoms with Crippen LogP contribution in [0.1, 0.15) is 42.2 Å². The quantitative estimate of drug-likeness (QED) is 0.752. The molecule has 5 nitrogen and oxygen atoms in total. The van der Waals surface area contributed by atoms with Crippen molar-refractivity contribution in [1.29, 1.82) is 0 Å². The SMILES string of the molecule is CCOc1ccc(Cc2cc([C@@H]3O[C@H](C)[C@@H](O)[C@H](O)[C@H]3O)ccc2C)cc1. The summed E-state index contributed by atoms with van der Waals surface area (Å²) >= 11 is 0. The molecule has 3 N–H and O–H groups in total. The number of ether oxygens (including phenoxy) is 2. The largest absolute Gasteiger partial charge is 0.494 e. The van der Waals surface area contributed by atoms with Gasteiger partial charge in [-0.15, -0.1) is 0 Å². The van der Waals surface area contributed by atoms with Gasteiger partial charge in [-0.3, -0.25) is 0 Å². The molecule has 146 valence electrons. The van der Waals surface area contributed by atoms with E-state index in [1.54, 1.807) is 6.92 Å². The first-order chi connectivity index (χ1) is 12.9. The molecule has 5 heteroatoms. The fraction of sp³-hybridized carbons (Fsp3) is 0.455. The van der Waals surface area contributed by atoms with Crippen LogP contribution in [-0.4, -0.2) is 46.3 Å². The Morgan fingerprint density at radius 2 is 1.67 bits per heavy atom. The van der Waals surface area contributed by atoms with E-state index in [0.717, 1.165) is 34.4 Å². The highest BCUT2D eigenvalue weighted by Crippen LogP contribution is 2.33. The summed E-state index contributed by atoms with van der Waals surface area (Å²) in [4.78, 5) is 0. The van der Waals surface area contributed by atoms with Crippen LogP contribution >= 0.6 is 0 Å². The minimum absolute atomic E-state index is 0.552. The molecule has 27 heavy (non-hydrogen) atoms. The molecule has 0 amide bonds. The van der Waals surface area contributed by atoms with Crippen LogP contribution in [0.4, 0.5) is 0 Å². The van der Waals surface area contributed by atoms with Crippen molar-refractivity contribution in [3.8, 4) is 5.75 Å². The Balaban J connectivity index is 1.82. The van der Waals surface area contributed by atoms with Crippen LogP contribution in [0.15, 0.2) is 42.5 Å². The number of aliphatic hydroxyl groups excluding tert-OH is 3. The maximum absolute atomic E-state index is 10.4. The molecule has 0 bridgehead atoms. The van der Waals surface area contributed by atoms with Crippen molar-refractivity contribution in [2.45, 2.75) is 57.7 Å². The Kier molecular flexibility index (Phi) is 6.17. The van der Waals surface area contributed by atoms with Crippen molar-refractivity contribution in [2.24, 2.45) is 0 Å². The second-order valence-electron chi connectivity index (χ2n) is 7.17. The maximum atomic E-state index is 10.4. The predicted molar refractivity (Wildman–Crippen MR) is 103 cm³/mol. The molecule has 0 saturated carbocycles. The van der Waals surface area contributed by atoms with Gasteiger partial charge in [-0.25, -0.2) is 0 Å². The van der Waals surface area contributed by atoms with Crippen molar-refractivity contribution >= 4 is 0 Å². The third-order valence-corrected chi connectivity index (χ3v) is 5.18. The average molecular weight is 372 g/mol. The Labute approximate surface area is 160 Å². The van der Waals surface area contributed by atoms with E-state index in [2.05, 4.69) is 0 Å². The van der Waals surface area contributed by atoms with Crippen LogP contribution in [0.5, 0.6) is 5.75 Å². The van der Waals surface area contributed by atoms with Crippen LogP contribution in [0, 0.1) is 6.92 Å². The highest BCUT2D eigenvalue weighted by atomic mass is 16.5. The third kappa shape index (κ3) is 4.33. The highest BCUT2D eigenvalue weighted by Gasteiger charge is 2.42. The van der Waals surface area contributed by atoms with Gasteiger partial charge in [0.1, 0.15) is 30.2 Å². The van der Waals surface area contributed by atoms with Gasteiger partial charge in [0, 0.05) is 0 Å². The molecular formula is C22H28O5. The summed E-state index contributed by atoms with van der Waals surface area (Å²) in [5, 5.41) is 30.3. The lowest BCUT2D eigenvalue weighted by Gasteiger charge is -2.39. The molecule has 2 aromatic rings. The first-order valence-corrected chi connectivity index (χ1v) is 9.41. The molecule has 0 spiro atoms. The fourth-order valence-electron chi connectivity index (χ4n) is 3.48. The summed E-state index contributed by atoms with van der Waals surface area (Å²) < 4.78 is 11.3. The second kappa shape index (κ2) is 8.40. The van der Waals surface area contributed by atoms with Gasteiger partial charge >= 0.3 is 0 Å². The van der Waals surface area contributed by atoms with Crippen molar-refractivity contribution in [3.63, 3.8) is 0 Å². The molecule has 0 radical (unpaired) electrons. The Morgan fingerprint density at radius 3 is 2.33 bits per heavy atom. The van der Waals surface area contributed by atoms with Crippen molar-refractivity contribution in [1.82, 2.24) is 0 Å². The van der Waals surface area contributed by atoms with Gasteiger partial charge in [-0.1, -0.05) is 30.3 Å². The van der Waals surface area contributed by atoms with Crippen LogP contribution in [0.2, 0.25) is 0 Å². The van der Waals surface area contributed by atoms with Gasteiger partial charge in [0.2, 0.25) is 0 Å². The predicted octanol–water partition coefficient (Wildman–Crippen LogP) is 2.53. The smallest absolute Gasteiger partial charge is 0.119 e. The number of aryl methyl sites for hydroxylation is 1. The zero-order chi connectivity index (χ0) is 19.6. The first kappa shape index (κ1) is 19.8. The average Bonchev–Trinajstić information content (AvgIpc) is 2.66. The van der Waals surface area contributed by atoms with Crippen molar-refractivity contribution < 1.29 is 24.8 Å². The molecular weight excluding hydrogens is 344 g/mol. The summed E-state index contributed by atoms with van der Waals surface area (Å²) in [6.45, 7) is 6.35. The van der Waals surface area contributed by atoms with E-state index in [0.29, 0.717) is 6.61 Å². The molecule has 3 rings (SSSR count). The third-order valence-electron chi connectivity index (χ3n) is 5.18. The maximum Gasteiger partial charge on any atom is 0.119 e. The van der Waals surface area contributed by atoms with Gasteiger partial charge in [0.05, 0.1) is 12.7 Å². The normalized spacial score (nSPS) is 28.1. The molecule has 1 saturated heterocycles. The van der Waals surface area contributed by atoms with E-state index in [1.165, 1.54) is 0 Å². The van der Waals surface area contributed by atoms with Crippen molar-refractivity contribution in [3.05, 3.63) is 64.7 Å². The number of hydrogen-bond donors (Lipinski definition) is 3. The molecule has 0 unspecified atom stereocenters. The number of aliphatic hydroxyl groups is 3. The summed E-state index contributed by atoms with van der Waals surface area (Å²) in [5.74, 6) is 0.854. The lowest BCUT2D eigenvalue weighted by atomic mass is 9.89. The van der Waals surface area contributed by atoms with Crippen LogP contribution in [0.25, 0.3) is 0 Å². The van der Waals surface area contributed by atoms with Gasteiger partial charge in [-0.05, 0) is 61.6 Å². The molecule has 2 aromatic carbocycles. The summed E-state index contributed by atoms with van der Waals surface area (Å²) in [6.07, 6.45) is -3.96.